The van der Waals surface area contributed by atoms with Crippen LogP contribution in [0.5, 0.6) is 11.5 Å². The fourth-order valence-corrected chi connectivity index (χ4v) is 11.4. The van der Waals surface area contributed by atoms with Crippen molar-refractivity contribution in [1.82, 2.24) is 0 Å². The molecule has 0 N–H and O–H groups in total. The molecule has 0 heterocycles. The van der Waals surface area contributed by atoms with Gasteiger partial charge in [-0.2, -0.15) is 0 Å². The summed E-state index contributed by atoms with van der Waals surface area (Å²) in [6, 6.07) is 6.32. The molecule has 0 amide bonds. The van der Waals surface area contributed by atoms with E-state index in [0.29, 0.717) is 11.3 Å². The Hall–Kier alpha value is 0.202. The molecule has 150 valence electrons. The number of benzene rings is 1. The molecule has 2 aliphatic rings. The number of hydrogen-bond donors (Lipinski definition) is 0. The molecular formula is C21H32ClO2PPd. The molecule has 3 rings (SSSR count). The van der Waals surface area contributed by atoms with Crippen molar-refractivity contribution >= 4 is 24.2 Å². The summed E-state index contributed by atoms with van der Waals surface area (Å²) in [4.78, 5) is 0. The van der Waals surface area contributed by atoms with Gasteiger partial charge in [0.25, 0.3) is 0 Å². The van der Waals surface area contributed by atoms with E-state index in [4.69, 9.17) is 21.1 Å². The summed E-state index contributed by atoms with van der Waals surface area (Å²) in [5.74, 6) is 1.92. The Bertz CT molecular complexity index is 539. The van der Waals surface area contributed by atoms with E-state index < -0.39 is 7.26 Å². The van der Waals surface area contributed by atoms with Crippen LogP contribution >= 0.6 is 18.9 Å². The maximum Gasteiger partial charge on any atom is 0.158 e. The van der Waals surface area contributed by atoms with Gasteiger partial charge in [-0.3, -0.25) is 0 Å². The first kappa shape index (κ1) is 22.5. The van der Waals surface area contributed by atoms with Gasteiger partial charge in [-0.1, -0.05) is 25.7 Å². The van der Waals surface area contributed by atoms with E-state index in [1.807, 2.05) is 6.07 Å². The molecule has 1 aromatic carbocycles. The molecule has 2 aliphatic carbocycles. The van der Waals surface area contributed by atoms with E-state index in [0.717, 1.165) is 11.5 Å². The zero-order valence-electron chi connectivity index (χ0n) is 16.0. The number of methoxy groups -OCH3 is 2. The van der Waals surface area contributed by atoms with Crippen molar-refractivity contribution in [2.45, 2.75) is 75.5 Å². The Morgan fingerprint density at radius 1 is 0.885 bits per heavy atom. The van der Waals surface area contributed by atoms with Crippen LogP contribution in [0.4, 0.5) is 0 Å². The molecule has 0 aromatic heterocycles. The molecule has 5 heteroatoms. The molecule has 0 atom stereocenters. The fraction of sp³-hybridized carbons (Fsp3) is 0.667. The topological polar surface area (TPSA) is 18.5 Å². The molecule has 1 aromatic rings. The van der Waals surface area contributed by atoms with Crippen LogP contribution < -0.4 is 14.8 Å². The van der Waals surface area contributed by atoms with Crippen molar-refractivity contribution in [3.63, 3.8) is 0 Å². The van der Waals surface area contributed by atoms with Gasteiger partial charge < -0.3 is 21.1 Å². The second-order valence-electron chi connectivity index (χ2n) is 7.55. The van der Waals surface area contributed by atoms with E-state index in [9.17, 15) is 0 Å². The molecule has 0 aliphatic heterocycles. The Morgan fingerprint density at radius 3 is 1.85 bits per heavy atom. The van der Waals surface area contributed by atoms with Crippen LogP contribution in [0.3, 0.4) is 0 Å². The standard InChI is InChI=1S/C21H32ClO2P.Pd/c1-23-17-13-14-20(24-2)21(15-17)25(16-22,18-9-5-3-6-10-18)19-11-7-4-8-12-19;/h13-16,18-19H,3-12H2,1-2H3;. The number of hydrogen-bond acceptors (Lipinski definition) is 2. The quantitative estimate of drug-likeness (QED) is 0.263. The third kappa shape index (κ3) is 4.43. The van der Waals surface area contributed by atoms with Crippen LogP contribution in [0.2, 0.25) is 0 Å². The normalized spacial score (nSPS) is 19.7. The summed E-state index contributed by atoms with van der Waals surface area (Å²) >= 11 is 6.78. The van der Waals surface area contributed by atoms with Gasteiger partial charge >= 0.3 is 0 Å². The zero-order chi connectivity index (χ0) is 17.7. The van der Waals surface area contributed by atoms with E-state index in [1.54, 1.807) is 14.2 Å². The van der Waals surface area contributed by atoms with Crippen molar-refractivity contribution in [1.29, 1.82) is 0 Å². The van der Waals surface area contributed by atoms with E-state index in [-0.39, 0.29) is 20.4 Å². The summed E-state index contributed by atoms with van der Waals surface area (Å²) in [7, 11) is 1.90. The summed E-state index contributed by atoms with van der Waals surface area (Å²) in [6.45, 7) is 0. The minimum absolute atomic E-state index is 0. The van der Waals surface area contributed by atoms with Crippen molar-refractivity contribution in [2.24, 2.45) is 0 Å². The first-order valence-electron chi connectivity index (χ1n) is 9.81. The smallest absolute Gasteiger partial charge is 0.158 e. The van der Waals surface area contributed by atoms with Gasteiger partial charge in [0.2, 0.25) is 0 Å². The number of rotatable bonds is 6. The molecule has 2 saturated carbocycles. The predicted molar refractivity (Wildman–Crippen MR) is 110 cm³/mol. The van der Waals surface area contributed by atoms with Gasteiger partial charge in [-0.05, 0) is 63.5 Å². The summed E-state index contributed by atoms with van der Waals surface area (Å²) < 4.78 is 11.4. The largest absolute Gasteiger partial charge is 0.497 e. The Kier molecular flexibility index (Phi) is 9.23. The summed E-state index contributed by atoms with van der Waals surface area (Å²) in [6.07, 6.45) is 13.4. The minimum atomic E-state index is -1.64. The third-order valence-electron chi connectivity index (χ3n) is 6.32. The Labute approximate surface area is 178 Å². The van der Waals surface area contributed by atoms with Crippen LogP contribution in [0.25, 0.3) is 0 Å². The first-order chi connectivity index (χ1) is 12.3. The van der Waals surface area contributed by atoms with Crippen molar-refractivity contribution in [3.8, 4) is 11.5 Å². The first-order valence-corrected chi connectivity index (χ1v) is 12.2. The Morgan fingerprint density at radius 2 is 1.42 bits per heavy atom. The number of halogens is 1. The van der Waals surface area contributed by atoms with Crippen LogP contribution in [-0.2, 0) is 20.4 Å². The van der Waals surface area contributed by atoms with Crippen molar-refractivity contribution in [2.75, 3.05) is 14.2 Å². The van der Waals surface area contributed by atoms with Gasteiger partial charge in [-0.15, -0.1) is 0 Å². The third-order valence-corrected chi connectivity index (χ3v) is 12.2. The van der Waals surface area contributed by atoms with Gasteiger partial charge in [0.15, 0.2) is 5.75 Å². The summed E-state index contributed by atoms with van der Waals surface area (Å²) in [5.41, 5.74) is 3.54. The molecule has 0 bridgehead atoms. The molecule has 0 spiro atoms. The van der Waals surface area contributed by atoms with E-state index in [2.05, 4.69) is 17.8 Å². The van der Waals surface area contributed by atoms with Gasteiger partial charge in [0.05, 0.1) is 14.2 Å². The molecule has 2 fully saturated rings. The predicted octanol–water partition coefficient (Wildman–Crippen LogP) is 6.37. The Balaban J connectivity index is 0.00000243. The van der Waals surface area contributed by atoms with Crippen LogP contribution in [0.1, 0.15) is 64.2 Å². The summed E-state index contributed by atoms with van der Waals surface area (Å²) in [5, 5.41) is 1.35. The van der Waals surface area contributed by atoms with Crippen LogP contribution in [0.15, 0.2) is 18.2 Å². The van der Waals surface area contributed by atoms with Crippen LogP contribution in [0, 0.1) is 5.62 Å². The second-order valence-corrected chi connectivity index (χ2v) is 11.9. The van der Waals surface area contributed by atoms with E-state index >= 15 is 0 Å². The molecule has 0 saturated heterocycles. The van der Waals surface area contributed by atoms with Crippen LogP contribution in [-0.4, -0.2) is 25.5 Å². The monoisotopic (exact) mass is 488 g/mol. The second kappa shape index (κ2) is 10.7. The molecule has 0 radical (unpaired) electrons. The maximum atomic E-state index is 6.78. The molecular weight excluding hydrogens is 457 g/mol. The van der Waals surface area contributed by atoms with Gasteiger partial charge in [0.1, 0.15) is 11.1 Å². The van der Waals surface area contributed by atoms with Gasteiger partial charge in [-0.25, -0.2) is 0 Å². The SMILES string of the molecule is COc1ccc(OC)c([P+]([CH-]Cl)(C2CCCCC2)C2CCCCC2)c1.[Pd]. The van der Waals surface area contributed by atoms with Gasteiger partial charge in [0, 0.05) is 37.8 Å². The van der Waals surface area contributed by atoms with E-state index in [1.165, 1.54) is 69.5 Å². The molecule has 26 heavy (non-hydrogen) atoms. The maximum absolute atomic E-state index is 6.78. The average molecular weight is 489 g/mol. The average Bonchev–Trinajstić information content (AvgIpc) is 2.70. The van der Waals surface area contributed by atoms with Crippen molar-refractivity contribution < 1.29 is 29.9 Å². The zero-order valence-corrected chi connectivity index (χ0v) is 19.2. The molecule has 2 nitrogen and oxygen atoms in total. The number of ether oxygens (including phenoxy) is 2. The minimum Gasteiger partial charge on any atom is -0.497 e. The van der Waals surface area contributed by atoms with Crippen molar-refractivity contribution in [3.05, 3.63) is 23.8 Å². The fourth-order valence-electron chi connectivity index (χ4n) is 5.02. The molecule has 0 unspecified atom stereocenters.